The molecule has 0 radical (unpaired) electrons. The van der Waals surface area contributed by atoms with E-state index in [2.05, 4.69) is 15.6 Å². The van der Waals surface area contributed by atoms with E-state index in [0.29, 0.717) is 24.9 Å². The molecule has 11 nitrogen and oxygen atoms in total. The number of nitrogens with two attached hydrogens (primary N) is 1. The number of primary amides is 1. The Hall–Kier alpha value is -4.38. The second-order valence-electron chi connectivity index (χ2n) is 11.3. The summed E-state index contributed by atoms with van der Waals surface area (Å²) in [5.74, 6) is -1.67. The smallest absolute Gasteiger partial charge is 0.254 e. The lowest BCUT2D eigenvalue weighted by Gasteiger charge is -2.42. The van der Waals surface area contributed by atoms with Gasteiger partial charge in [-0.05, 0) is 61.8 Å². The number of H-pyrrole nitrogens is 1. The molecule has 0 aliphatic carbocycles. The molecule has 2 saturated heterocycles. The maximum absolute atomic E-state index is 13.9. The minimum absolute atomic E-state index is 0.0232. The number of piperazine rings is 1. The number of piperidine rings is 1. The minimum atomic E-state index is -0.989. The molecule has 3 aromatic rings. The maximum atomic E-state index is 13.9. The van der Waals surface area contributed by atoms with Gasteiger partial charge < -0.3 is 36.1 Å². The molecule has 3 heterocycles. The van der Waals surface area contributed by atoms with Gasteiger partial charge in [0.2, 0.25) is 17.7 Å². The van der Waals surface area contributed by atoms with Gasteiger partial charge in [0.25, 0.3) is 5.91 Å². The Morgan fingerprint density at radius 2 is 1.74 bits per heavy atom. The molecule has 4 amide bonds. The predicted octanol–water partition coefficient (Wildman–Crippen LogP) is 1.10. The third kappa shape index (κ3) is 6.25. The van der Waals surface area contributed by atoms with E-state index in [4.69, 9.17) is 5.73 Å². The normalized spacial score (nSPS) is 18.5. The lowest BCUT2D eigenvalue weighted by atomic mass is 9.95. The summed E-state index contributed by atoms with van der Waals surface area (Å²) in [5.41, 5.74) is 8.99. The van der Waals surface area contributed by atoms with Gasteiger partial charge in [-0.1, -0.05) is 18.2 Å². The first-order valence-electron chi connectivity index (χ1n) is 14.5. The van der Waals surface area contributed by atoms with Crippen LogP contribution in [0.3, 0.4) is 0 Å². The zero-order chi connectivity index (χ0) is 29.8. The van der Waals surface area contributed by atoms with Crippen molar-refractivity contribution in [2.45, 2.75) is 31.3 Å². The number of aromatic amines is 1. The van der Waals surface area contributed by atoms with Crippen molar-refractivity contribution in [2.75, 3.05) is 51.7 Å². The van der Waals surface area contributed by atoms with Crippen LogP contribution >= 0.6 is 0 Å². The average molecular weight is 574 g/mol. The van der Waals surface area contributed by atoms with Gasteiger partial charge in [-0.3, -0.25) is 19.2 Å². The van der Waals surface area contributed by atoms with Crippen LogP contribution in [-0.2, 0) is 20.8 Å². The van der Waals surface area contributed by atoms with Crippen LogP contribution in [-0.4, -0.2) is 97.3 Å². The minimum Gasteiger partial charge on any atom is -0.378 e. The van der Waals surface area contributed by atoms with Crippen molar-refractivity contribution in [1.29, 1.82) is 0 Å². The highest BCUT2D eigenvalue weighted by molar-refractivity contribution is 5.97. The molecule has 0 spiro atoms. The fraction of sp³-hybridized carbons (Fsp3) is 0.419. The van der Waals surface area contributed by atoms with Gasteiger partial charge in [0.15, 0.2) is 0 Å². The zero-order valence-corrected chi connectivity index (χ0v) is 24.1. The van der Waals surface area contributed by atoms with E-state index in [-0.39, 0.29) is 37.2 Å². The van der Waals surface area contributed by atoms with Crippen molar-refractivity contribution in [3.05, 3.63) is 65.9 Å². The first kappa shape index (κ1) is 29.1. The van der Waals surface area contributed by atoms with Crippen LogP contribution in [0.5, 0.6) is 0 Å². The van der Waals surface area contributed by atoms with E-state index < -0.39 is 23.9 Å². The highest BCUT2D eigenvalue weighted by Gasteiger charge is 2.40. The number of carbonyl (C=O) groups excluding carboxylic acids is 4. The Kier molecular flexibility index (Phi) is 8.77. The summed E-state index contributed by atoms with van der Waals surface area (Å²) in [6, 6.07) is 13.0. The van der Waals surface area contributed by atoms with Crippen LogP contribution in [0.1, 0.15) is 28.8 Å². The predicted molar refractivity (Wildman–Crippen MR) is 161 cm³/mol. The van der Waals surface area contributed by atoms with Crippen molar-refractivity contribution in [3.8, 4) is 0 Å². The lowest BCUT2D eigenvalue weighted by Crippen LogP contribution is -2.64. The van der Waals surface area contributed by atoms with Crippen molar-refractivity contribution < 1.29 is 19.2 Å². The second-order valence-corrected chi connectivity index (χ2v) is 11.3. The number of nitrogens with zero attached hydrogens (tertiary/aromatic N) is 3. The third-order valence-corrected chi connectivity index (χ3v) is 8.33. The van der Waals surface area contributed by atoms with Crippen molar-refractivity contribution in [3.63, 3.8) is 0 Å². The lowest BCUT2D eigenvalue weighted by molar-refractivity contribution is -0.147. The highest BCUT2D eigenvalue weighted by atomic mass is 16.2. The Morgan fingerprint density at radius 1 is 1.02 bits per heavy atom. The number of anilines is 1. The van der Waals surface area contributed by atoms with E-state index in [0.717, 1.165) is 35.2 Å². The van der Waals surface area contributed by atoms with Gasteiger partial charge in [0, 0.05) is 67.9 Å². The van der Waals surface area contributed by atoms with Crippen molar-refractivity contribution in [2.24, 2.45) is 11.7 Å². The molecule has 2 aromatic carbocycles. The molecule has 2 fully saturated rings. The van der Waals surface area contributed by atoms with Gasteiger partial charge in [-0.15, -0.1) is 0 Å². The molecule has 0 bridgehead atoms. The molecular weight excluding hydrogens is 534 g/mol. The largest absolute Gasteiger partial charge is 0.378 e. The third-order valence-electron chi connectivity index (χ3n) is 8.33. The van der Waals surface area contributed by atoms with Crippen LogP contribution in [0.4, 0.5) is 5.69 Å². The molecule has 0 saturated carbocycles. The van der Waals surface area contributed by atoms with E-state index in [1.807, 2.05) is 61.6 Å². The number of nitrogens with one attached hydrogen (secondary N) is 3. The molecule has 1 aromatic heterocycles. The number of aromatic nitrogens is 1. The van der Waals surface area contributed by atoms with E-state index in [9.17, 15) is 19.2 Å². The van der Waals surface area contributed by atoms with Crippen LogP contribution in [0.2, 0.25) is 0 Å². The van der Waals surface area contributed by atoms with Gasteiger partial charge in [0.05, 0.1) is 6.54 Å². The number of fused-ring (bicyclic) bond motifs is 1. The molecule has 5 rings (SSSR count). The monoisotopic (exact) mass is 573 g/mol. The summed E-state index contributed by atoms with van der Waals surface area (Å²) in [6.07, 6.45) is 3.38. The average Bonchev–Trinajstić information content (AvgIpc) is 3.42. The first-order chi connectivity index (χ1) is 20.2. The number of hydrogen-bond donors (Lipinski definition) is 4. The molecule has 2 atom stereocenters. The molecule has 2 aliphatic heterocycles. The fourth-order valence-corrected chi connectivity index (χ4v) is 5.85. The van der Waals surface area contributed by atoms with E-state index >= 15 is 0 Å². The summed E-state index contributed by atoms with van der Waals surface area (Å²) in [4.78, 5) is 61.8. The van der Waals surface area contributed by atoms with Crippen molar-refractivity contribution >= 4 is 40.2 Å². The van der Waals surface area contributed by atoms with Crippen LogP contribution in [0.25, 0.3) is 10.9 Å². The topological polar surface area (TPSA) is 144 Å². The zero-order valence-electron chi connectivity index (χ0n) is 24.1. The fourth-order valence-electron chi connectivity index (χ4n) is 5.85. The molecule has 0 unspecified atom stereocenters. The number of hydrogen-bond acceptors (Lipinski definition) is 6. The Bertz CT molecular complexity index is 1440. The number of rotatable bonds is 8. The van der Waals surface area contributed by atoms with Crippen molar-refractivity contribution in [1.82, 2.24) is 25.4 Å². The van der Waals surface area contributed by atoms with Crippen LogP contribution in [0.15, 0.2) is 54.7 Å². The summed E-state index contributed by atoms with van der Waals surface area (Å²) >= 11 is 0. The summed E-state index contributed by atoms with van der Waals surface area (Å²) in [7, 11) is 3.85. The summed E-state index contributed by atoms with van der Waals surface area (Å²) in [5, 5.41) is 7.03. The van der Waals surface area contributed by atoms with E-state index in [1.54, 1.807) is 21.9 Å². The first-order valence-corrected chi connectivity index (χ1v) is 14.5. The molecule has 222 valence electrons. The van der Waals surface area contributed by atoms with E-state index in [1.165, 1.54) is 0 Å². The van der Waals surface area contributed by atoms with Crippen LogP contribution < -0.4 is 21.3 Å². The highest BCUT2D eigenvalue weighted by Crippen LogP contribution is 2.23. The Labute approximate surface area is 245 Å². The Balaban J connectivity index is 1.36. The molecule has 11 heteroatoms. The standard InChI is InChI=1S/C31H39N7O4/c1-36(2)23-9-7-20(8-10-23)30(41)37-15-16-38(31(42)21-11-13-33-14-12-21)27(19-37)29(40)35-26(28(32)39)17-22-18-34-25-6-4-3-5-24(22)25/h3-10,18,21,26-27,33-34H,11-17,19H2,1-2H3,(H2,32,39)(H,35,40)/t26-,27+/m1/s1. The number of carbonyl (C=O) groups is 4. The molecule has 2 aliphatic rings. The molecule has 42 heavy (non-hydrogen) atoms. The van der Waals surface area contributed by atoms with Gasteiger partial charge in [-0.25, -0.2) is 0 Å². The number of amides is 4. The maximum Gasteiger partial charge on any atom is 0.254 e. The van der Waals surface area contributed by atoms with Gasteiger partial charge in [0.1, 0.15) is 12.1 Å². The number of para-hydroxylation sites is 1. The summed E-state index contributed by atoms with van der Waals surface area (Å²) in [6.45, 7) is 2.04. The number of benzene rings is 2. The van der Waals surface area contributed by atoms with Gasteiger partial charge in [-0.2, -0.15) is 0 Å². The van der Waals surface area contributed by atoms with Gasteiger partial charge >= 0.3 is 0 Å². The second kappa shape index (κ2) is 12.6. The summed E-state index contributed by atoms with van der Waals surface area (Å²) < 4.78 is 0. The molecular formula is C31H39N7O4. The SMILES string of the molecule is CN(C)c1ccc(C(=O)N2CCN(C(=O)C3CCNCC3)[C@H](C(=O)N[C@H](Cc3c[nH]c4ccccc34)C(N)=O)C2)cc1. The Morgan fingerprint density at radius 3 is 2.43 bits per heavy atom. The molecule has 5 N–H and O–H groups in total. The quantitative estimate of drug-likeness (QED) is 0.318. The van der Waals surface area contributed by atoms with Crippen LogP contribution in [0, 0.1) is 5.92 Å².